The average molecular weight is 463 g/mol. The summed E-state index contributed by atoms with van der Waals surface area (Å²) in [6.45, 7) is 5.75. The van der Waals surface area contributed by atoms with E-state index in [1.807, 2.05) is 6.07 Å². The Kier molecular flexibility index (Phi) is 6.50. The van der Waals surface area contributed by atoms with Gasteiger partial charge >= 0.3 is 5.97 Å². The van der Waals surface area contributed by atoms with Crippen molar-refractivity contribution in [1.29, 1.82) is 0 Å². The molecule has 2 radical (unpaired) electrons. The molecule has 1 aliphatic heterocycles. The summed E-state index contributed by atoms with van der Waals surface area (Å²) in [4.78, 5) is 43.4. The van der Waals surface area contributed by atoms with Gasteiger partial charge < -0.3 is 24.4 Å². The lowest BCUT2D eigenvalue weighted by Gasteiger charge is -2.25. The maximum Gasteiger partial charge on any atom is 0.332 e. The molecule has 2 amide bonds. The number of pyridine rings is 1. The first-order chi connectivity index (χ1) is 16.3. The van der Waals surface area contributed by atoms with Gasteiger partial charge in [0.2, 0.25) is 13.8 Å². The summed E-state index contributed by atoms with van der Waals surface area (Å²) in [6.07, 6.45) is 3.37. The Morgan fingerprint density at radius 3 is 2.79 bits per heavy atom. The minimum atomic E-state index is -1.16. The predicted octanol–water partition coefficient (Wildman–Crippen LogP) is 1.98. The fraction of sp³-hybridized carbons (Fsp3) is 0.417. The van der Waals surface area contributed by atoms with E-state index in [1.165, 1.54) is 4.90 Å². The molecule has 4 rings (SSSR count). The van der Waals surface area contributed by atoms with Crippen molar-refractivity contribution in [2.24, 2.45) is 5.92 Å². The van der Waals surface area contributed by atoms with Crippen molar-refractivity contribution in [3.63, 3.8) is 0 Å². The Balaban J connectivity index is 1.51. The summed E-state index contributed by atoms with van der Waals surface area (Å²) >= 11 is 0. The molecule has 2 fully saturated rings. The third kappa shape index (κ3) is 4.32. The third-order valence-corrected chi connectivity index (χ3v) is 6.34. The van der Waals surface area contributed by atoms with Crippen LogP contribution in [-0.4, -0.2) is 73.4 Å². The Morgan fingerprint density at radius 2 is 2.15 bits per heavy atom. The lowest BCUT2D eigenvalue weighted by Crippen LogP contribution is -2.53. The maximum atomic E-state index is 13.2. The van der Waals surface area contributed by atoms with Crippen LogP contribution in [0.2, 0.25) is 0 Å². The highest BCUT2D eigenvalue weighted by atomic mass is 16.5. The van der Waals surface area contributed by atoms with Crippen molar-refractivity contribution in [2.45, 2.75) is 37.5 Å². The lowest BCUT2D eigenvalue weighted by atomic mass is 10.1. The SMILES string of the molecule is [B]C(=O)N1C[C@H](Oc2ccnc3cc(OC)ccc23)CC1C(=O)N[C@]1(C(=O)OCC)CC1C=C. The van der Waals surface area contributed by atoms with Crippen molar-refractivity contribution in [1.82, 2.24) is 15.2 Å². The number of rotatable bonds is 8. The third-order valence-electron chi connectivity index (χ3n) is 6.34. The highest BCUT2D eigenvalue weighted by Gasteiger charge is 2.61. The molecule has 1 aromatic carbocycles. The van der Waals surface area contributed by atoms with Gasteiger partial charge in [-0.15, -0.1) is 6.58 Å². The smallest absolute Gasteiger partial charge is 0.332 e. The van der Waals surface area contributed by atoms with Gasteiger partial charge in [-0.2, -0.15) is 0 Å². The van der Waals surface area contributed by atoms with E-state index in [0.717, 1.165) is 5.39 Å². The molecule has 2 aliphatic rings. The number of hydrogen-bond donors (Lipinski definition) is 1. The van der Waals surface area contributed by atoms with E-state index < -0.39 is 35.4 Å². The Morgan fingerprint density at radius 1 is 1.35 bits per heavy atom. The minimum absolute atomic E-state index is 0.130. The molecule has 9 nitrogen and oxygen atoms in total. The lowest BCUT2D eigenvalue weighted by molar-refractivity contribution is -0.149. The molecule has 4 atom stereocenters. The molecule has 1 aromatic heterocycles. The van der Waals surface area contributed by atoms with Gasteiger partial charge in [-0.25, -0.2) is 4.79 Å². The maximum absolute atomic E-state index is 13.2. The summed E-state index contributed by atoms with van der Waals surface area (Å²) in [5.41, 5.74) is -0.464. The number of carbonyl (C=O) groups is 3. The van der Waals surface area contributed by atoms with Crippen molar-refractivity contribution >= 4 is 36.4 Å². The number of aromatic nitrogens is 1. The number of ether oxygens (including phenoxy) is 3. The molecule has 2 aromatic rings. The molecule has 176 valence electrons. The van der Waals surface area contributed by atoms with Crippen LogP contribution in [0, 0.1) is 5.92 Å². The zero-order chi connectivity index (χ0) is 24.5. The number of hydrogen-bond acceptors (Lipinski definition) is 7. The van der Waals surface area contributed by atoms with E-state index in [9.17, 15) is 14.4 Å². The molecule has 1 N–H and O–H groups in total. The fourth-order valence-corrected chi connectivity index (χ4v) is 4.45. The summed E-state index contributed by atoms with van der Waals surface area (Å²) in [7, 11) is 7.14. The summed E-state index contributed by atoms with van der Waals surface area (Å²) < 4.78 is 16.6. The highest BCUT2D eigenvalue weighted by Crippen LogP contribution is 2.45. The quantitative estimate of drug-likeness (QED) is 0.363. The van der Waals surface area contributed by atoms with Gasteiger partial charge in [0, 0.05) is 30.0 Å². The Hall–Kier alpha value is -3.56. The summed E-state index contributed by atoms with van der Waals surface area (Å²) in [6, 6.07) is 6.29. The average Bonchev–Trinajstić information content (AvgIpc) is 3.37. The van der Waals surface area contributed by atoms with Crippen molar-refractivity contribution in [3.05, 3.63) is 43.1 Å². The van der Waals surface area contributed by atoms with Crippen LogP contribution in [0.4, 0.5) is 4.79 Å². The van der Waals surface area contributed by atoms with Crippen LogP contribution in [0.15, 0.2) is 43.1 Å². The fourth-order valence-electron chi connectivity index (χ4n) is 4.45. The van der Waals surface area contributed by atoms with Crippen LogP contribution in [-0.2, 0) is 14.3 Å². The number of fused-ring (bicyclic) bond motifs is 1. The van der Waals surface area contributed by atoms with E-state index in [-0.39, 0.29) is 25.5 Å². The number of benzene rings is 1. The van der Waals surface area contributed by atoms with Crippen molar-refractivity contribution < 1.29 is 28.6 Å². The minimum Gasteiger partial charge on any atom is -0.497 e. The van der Waals surface area contributed by atoms with Gasteiger partial charge in [0.1, 0.15) is 29.2 Å². The molecule has 2 unspecified atom stereocenters. The van der Waals surface area contributed by atoms with Crippen molar-refractivity contribution in [2.75, 3.05) is 20.3 Å². The highest BCUT2D eigenvalue weighted by molar-refractivity contribution is 6.57. The number of nitrogens with zero attached hydrogens (tertiary/aromatic N) is 2. The van der Waals surface area contributed by atoms with Gasteiger partial charge in [0.15, 0.2) is 5.81 Å². The largest absolute Gasteiger partial charge is 0.497 e. The Bertz CT molecular complexity index is 1140. The van der Waals surface area contributed by atoms with Gasteiger partial charge in [-0.05, 0) is 31.5 Å². The molecule has 34 heavy (non-hydrogen) atoms. The molecule has 1 saturated heterocycles. The van der Waals surface area contributed by atoms with Crippen LogP contribution in [0.25, 0.3) is 10.9 Å². The van der Waals surface area contributed by atoms with Gasteiger partial charge in [-0.1, -0.05) is 6.08 Å². The van der Waals surface area contributed by atoms with E-state index >= 15 is 0 Å². The number of amides is 2. The number of nitrogens with one attached hydrogen (secondary N) is 1. The summed E-state index contributed by atoms with van der Waals surface area (Å²) in [5, 5.41) is 3.57. The monoisotopic (exact) mass is 463 g/mol. The number of likely N-dealkylation sites (tertiary alicyclic amines) is 1. The van der Waals surface area contributed by atoms with Crippen LogP contribution in [0.5, 0.6) is 11.5 Å². The summed E-state index contributed by atoms with van der Waals surface area (Å²) in [5.74, 6) is -0.721. The number of esters is 1. The van der Waals surface area contributed by atoms with E-state index in [1.54, 1.807) is 44.5 Å². The normalized spacial score (nSPS) is 25.5. The number of methoxy groups -OCH3 is 1. The van der Waals surface area contributed by atoms with Crippen LogP contribution in [0.3, 0.4) is 0 Å². The second kappa shape index (κ2) is 9.36. The van der Waals surface area contributed by atoms with E-state index in [4.69, 9.17) is 22.1 Å². The second-order valence-electron chi connectivity index (χ2n) is 8.40. The first kappa shape index (κ1) is 23.6. The molecule has 1 aliphatic carbocycles. The number of carbonyl (C=O) groups excluding carboxylic acids is 3. The molecule has 2 heterocycles. The van der Waals surface area contributed by atoms with Gasteiger partial charge in [-0.3, -0.25) is 14.6 Å². The molecular formula is C24H26BN3O6. The molecule has 10 heteroatoms. The van der Waals surface area contributed by atoms with E-state index in [0.29, 0.717) is 23.4 Å². The zero-order valence-electron chi connectivity index (χ0n) is 19.2. The molecular weight excluding hydrogens is 437 g/mol. The van der Waals surface area contributed by atoms with Gasteiger partial charge in [0.25, 0.3) is 0 Å². The Labute approximate surface area is 198 Å². The first-order valence-corrected chi connectivity index (χ1v) is 11.1. The van der Waals surface area contributed by atoms with Gasteiger partial charge in [0.05, 0.1) is 25.8 Å². The first-order valence-electron chi connectivity index (χ1n) is 11.1. The molecule has 1 saturated carbocycles. The second-order valence-corrected chi connectivity index (χ2v) is 8.40. The standard InChI is InChI=1S/C24H26BN3O6/c1-4-14-12-24(14,22(30)33-5-2)27-21(29)19-11-16(13-28(19)23(25)31)34-20-8-9-26-18-10-15(32-3)6-7-17(18)20/h4,6-10,14,16,19H,1,5,11-13H2,2-3H3,(H,27,29)/t14?,16-,19?,24-/m1/s1. The predicted molar refractivity (Wildman–Crippen MR) is 125 cm³/mol. The van der Waals surface area contributed by atoms with Crippen LogP contribution in [0.1, 0.15) is 19.8 Å². The van der Waals surface area contributed by atoms with Crippen LogP contribution < -0.4 is 14.8 Å². The topological polar surface area (TPSA) is 107 Å². The van der Waals surface area contributed by atoms with E-state index in [2.05, 4.69) is 16.9 Å². The molecule has 0 bridgehead atoms. The van der Waals surface area contributed by atoms with Crippen molar-refractivity contribution in [3.8, 4) is 11.5 Å². The zero-order valence-corrected chi connectivity index (χ0v) is 19.2. The van der Waals surface area contributed by atoms with Crippen LogP contribution >= 0.6 is 0 Å². The molecule has 0 spiro atoms.